The molecule has 1 N–H and O–H groups in total. The predicted octanol–water partition coefficient (Wildman–Crippen LogP) is 1.37. The van der Waals surface area contributed by atoms with Gasteiger partial charge in [-0.15, -0.1) is 5.10 Å². The number of halogens is 1. The Morgan fingerprint density at radius 1 is 1.33 bits per heavy atom. The topological polar surface area (TPSA) is 93.0 Å². The number of nitrogens with one attached hydrogen (secondary N) is 1. The van der Waals surface area contributed by atoms with E-state index in [4.69, 9.17) is 0 Å². The van der Waals surface area contributed by atoms with Crippen LogP contribution < -0.4 is 5.32 Å². The van der Waals surface area contributed by atoms with Gasteiger partial charge < -0.3 is 10.2 Å². The molecule has 2 atom stereocenters. The van der Waals surface area contributed by atoms with Gasteiger partial charge in [-0.2, -0.15) is 0 Å². The molecule has 0 spiro atoms. The summed E-state index contributed by atoms with van der Waals surface area (Å²) >= 11 is 0. The van der Waals surface area contributed by atoms with Gasteiger partial charge in [0.25, 0.3) is 11.8 Å². The molecule has 0 bridgehead atoms. The van der Waals surface area contributed by atoms with E-state index in [2.05, 4.69) is 20.6 Å². The van der Waals surface area contributed by atoms with E-state index in [9.17, 15) is 14.0 Å². The molecule has 8 nitrogen and oxygen atoms in total. The second kappa shape index (κ2) is 7.81. The van der Waals surface area contributed by atoms with E-state index in [-0.39, 0.29) is 49.1 Å². The normalized spacial score (nSPS) is 19.5. The first-order valence-corrected chi connectivity index (χ1v) is 8.93. The number of pyridine rings is 1. The van der Waals surface area contributed by atoms with Crippen molar-refractivity contribution in [1.29, 1.82) is 0 Å². The second-order valence-electron chi connectivity index (χ2n) is 7.06. The van der Waals surface area contributed by atoms with Crippen molar-refractivity contribution in [3.05, 3.63) is 41.5 Å². The minimum Gasteiger partial charge on any atom is -0.348 e. The predicted molar refractivity (Wildman–Crippen MR) is 95.9 cm³/mol. The number of hydrogen-bond acceptors (Lipinski definition) is 5. The van der Waals surface area contributed by atoms with Gasteiger partial charge in [0, 0.05) is 18.2 Å². The maximum atomic E-state index is 14.0. The fourth-order valence-electron chi connectivity index (χ4n) is 3.13. The van der Waals surface area contributed by atoms with E-state index < -0.39 is 6.17 Å². The van der Waals surface area contributed by atoms with E-state index in [1.54, 1.807) is 25.1 Å². The number of hydrogen-bond donors (Lipinski definition) is 1. The van der Waals surface area contributed by atoms with Crippen LogP contribution in [0, 0.1) is 6.92 Å². The van der Waals surface area contributed by atoms with Gasteiger partial charge in [0.15, 0.2) is 5.69 Å². The average molecular weight is 374 g/mol. The molecule has 27 heavy (non-hydrogen) atoms. The Kier molecular flexibility index (Phi) is 5.48. The molecule has 0 aromatic carbocycles. The van der Waals surface area contributed by atoms with Gasteiger partial charge in [0.05, 0.1) is 25.3 Å². The van der Waals surface area contributed by atoms with E-state index in [1.165, 1.54) is 15.8 Å². The van der Waals surface area contributed by atoms with Crippen molar-refractivity contribution < 1.29 is 14.0 Å². The largest absolute Gasteiger partial charge is 0.348 e. The zero-order valence-electron chi connectivity index (χ0n) is 15.6. The summed E-state index contributed by atoms with van der Waals surface area (Å²) in [5.41, 5.74) is 1.21. The van der Waals surface area contributed by atoms with Gasteiger partial charge in [-0.3, -0.25) is 9.59 Å². The zero-order valence-corrected chi connectivity index (χ0v) is 15.6. The first kappa shape index (κ1) is 18.9. The first-order valence-electron chi connectivity index (χ1n) is 8.93. The molecule has 1 fully saturated rings. The van der Waals surface area contributed by atoms with Crippen LogP contribution in [0.1, 0.15) is 46.9 Å². The van der Waals surface area contributed by atoms with E-state index in [0.29, 0.717) is 5.69 Å². The van der Waals surface area contributed by atoms with Crippen molar-refractivity contribution in [2.24, 2.45) is 0 Å². The molecule has 1 aliphatic heterocycles. The quantitative estimate of drug-likeness (QED) is 0.853. The fourth-order valence-corrected chi connectivity index (χ4v) is 3.13. The van der Waals surface area contributed by atoms with E-state index in [0.717, 1.165) is 5.69 Å². The minimum atomic E-state index is -1.10. The van der Waals surface area contributed by atoms with Gasteiger partial charge in [-0.1, -0.05) is 11.3 Å². The minimum absolute atomic E-state index is 0.0141. The third-order valence-electron chi connectivity index (χ3n) is 4.32. The molecule has 2 aromatic heterocycles. The SMILES string of the molecule is Cc1cccc(C(=O)N2CC(F)CC2Cn2cc(C(=O)NC(C)C)nn2)n1. The summed E-state index contributed by atoms with van der Waals surface area (Å²) in [6, 6.07) is 4.79. The average Bonchev–Trinajstić information content (AvgIpc) is 3.20. The first-order chi connectivity index (χ1) is 12.8. The van der Waals surface area contributed by atoms with Crippen LogP contribution in [0.25, 0.3) is 0 Å². The Balaban J connectivity index is 1.72. The number of alkyl halides is 1. The van der Waals surface area contributed by atoms with Gasteiger partial charge >= 0.3 is 0 Å². The molecule has 2 unspecified atom stereocenters. The number of rotatable bonds is 5. The van der Waals surface area contributed by atoms with Crippen LogP contribution in [0.5, 0.6) is 0 Å². The van der Waals surface area contributed by atoms with Crippen molar-refractivity contribution in [3.8, 4) is 0 Å². The summed E-state index contributed by atoms with van der Waals surface area (Å²) in [5, 5.41) is 10.5. The molecular formula is C18H23FN6O2. The highest BCUT2D eigenvalue weighted by Gasteiger charge is 2.36. The van der Waals surface area contributed by atoms with E-state index >= 15 is 0 Å². The molecule has 3 heterocycles. The Morgan fingerprint density at radius 2 is 2.11 bits per heavy atom. The fraction of sp³-hybridized carbons (Fsp3) is 0.500. The molecule has 0 saturated carbocycles. The number of amides is 2. The van der Waals surface area contributed by atoms with Crippen LogP contribution in [0.4, 0.5) is 4.39 Å². The summed E-state index contributed by atoms with van der Waals surface area (Å²) in [5.74, 6) is -0.621. The molecule has 1 saturated heterocycles. The summed E-state index contributed by atoms with van der Waals surface area (Å²) in [7, 11) is 0. The van der Waals surface area contributed by atoms with Crippen LogP contribution in [0.2, 0.25) is 0 Å². The lowest BCUT2D eigenvalue weighted by molar-refractivity contribution is 0.0708. The highest BCUT2D eigenvalue weighted by molar-refractivity contribution is 5.93. The van der Waals surface area contributed by atoms with Gasteiger partial charge in [0.1, 0.15) is 11.9 Å². The van der Waals surface area contributed by atoms with Gasteiger partial charge in [-0.05, 0) is 32.9 Å². The number of aryl methyl sites for hydroxylation is 1. The molecular weight excluding hydrogens is 351 g/mol. The summed E-state index contributed by atoms with van der Waals surface area (Å²) < 4.78 is 15.5. The molecule has 9 heteroatoms. The lowest BCUT2D eigenvalue weighted by Crippen LogP contribution is -2.38. The lowest BCUT2D eigenvalue weighted by atomic mass is 10.2. The van der Waals surface area contributed by atoms with Crippen LogP contribution in [-0.2, 0) is 6.54 Å². The summed E-state index contributed by atoms with van der Waals surface area (Å²) in [6.07, 6.45) is 0.623. The van der Waals surface area contributed by atoms with Crippen LogP contribution in [0.3, 0.4) is 0 Å². The Labute approximate surface area is 156 Å². The zero-order chi connectivity index (χ0) is 19.6. The highest BCUT2D eigenvalue weighted by atomic mass is 19.1. The molecule has 1 aliphatic rings. The number of likely N-dealkylation sites (tertiary alicyclic amines) is 1. The van der Waals surface area contributed by atoms with Crippen molar-refractivity contribution in [1.82, 2.24) is 30.2 Å². The molecule has 144 valence electrons. The number of aromatic nitrogens is 4. The molecule has 0 radical (unpaired) electrons. The molecule has 0 aliphatic carbocycles. The Morgan fingerprint density at radius 3 is 2.81 bits per heavy atom. The van der Waals surface area contributed by atoms with Crippen LogP contribution in [-0.4, -0.2) is 61.5 Å². The molecule has 2 aromatic rings. The maximum absolute atomic E-state index is 14.0. The van der Waals surface area contributed by atoms with Crippen molar-refractivity contribution in [2.45, 2.75) is 52.0 Å². The van der Waals surface area contributed by atoms with Gasteiger partial charge in [-0.25, -0.2) is 14.1 Å². The monoisotopic (exact) mass is 374 g/mol. The Bertz CT molecular complexity index is 837. The summed E-state index contributed by atoms with van der Waals surface area (Å²) in [6.45, 7) is 5.79. The number of nitrogens with zero attached hydrogens (tertiary/aromatic N) is 5. The third kappa shape index (κ3) is 4.47. The van der Waals surface area contributed by atoms with Crippen LogP contribution >= 0.6 is 0 Å². The van der Waals surface area contributed by atoms with Crippen LogP contribution in [0.15, 0.2) is 24.4 Å². The third-order valence-corrected chi connectivity index (χ3v) is 4.32. The molecule has 2 amide bonds. The molecule has 3 rings (SSSR count). The smallest absolute Gasteiger partial charge is 0.273 e. The van der Waals surface area contributed by atoms with Crippen molar-refractivity contribution in [2.75, 3.05) is 6.54 Å². The standard InChI is InChI=1S/C18H23FN6O2/c1-11(2)20-17(26)16-10-24(23-22-16)9-14-7-13(19)8-25(14)18(27)15-6-4-5-12(3)21-15/h4-6,10-11,13-14H,7-9H2,1-3H3,(H,20,26). The lowest BCUT2D eigenvalue weighted by Gasteiger charge is -2.23. The number of carbonyl (C=O) groups excluding carboxylic acids is 2. The van der Waals surface area contributed by atoms with E-state index in [1.807, 2.05) is 13.8 Å². The summed E-state index contributed by atoms with van der Waals surface area (Å²) in [4.78, 5) is 30.5. The van der Waals surface area contributed by atoms with Crippen molar-refractivity contribution >= 4 is 11.8 Å². The maximum Gasteiger partial charge on any atom is 0.273 e. The second-order valence-corrected chi connectivity index (χ2v) is 7.06. The van der Waals surface area contributed by atoms with Gasteiger partial charge in [0.2, 0.25) is 0 Å². The van der Waals surface area contributed by atoms with Crippen molar-refractivity contribution in [3.63, 3.8) is 0 Å². The number of carbonyl (C=O) groups is 2. The highest BCUT2D eigenvalue weighted by Crippen LogP contribution is 2.23. The Hall–Kier alpha value is -2.84.